The molecule has 1 aromatic rings. The first-order valence-electron chi connectivity index (χ1n) is 8.02. The lowest BCUT2D eigenvalue weighted by molar-refractivity contribution is -0.273. The Morgan fingerprint density at radius 2 is 2.00 bits per heavy atom. The van der Waals surface area contributed by atoms with Crippen LogP contribution in [0.3, 0.4) is 0 Å². The van der Waals surface area contributed by atoms with E-state index in [4.69, 9.17) is 0 Å². The first kappa shape index (κ1) is 15.0. The number of hydrogen-bond donors (Lipinski definition) is 1. The van der Waals surface area contributed by atoms with E-state index in [-0.39, 0.29) is 19.0 Å². The molecule has 126 valence electrons. The summed E-state index contributed by atoms with van der Waals surface area (Å²) in [6.45, 7) is 2.03. The van der Waals surface area contributed by atoms with Crippen LogP contribution in [0.4, 0.5) is 24.9 Å². The molecule has 1 aromatic heterocycles. The van der Waals surface area contributed by atoms with E-state index in [1.807, 2.05) is 4.90 Å². The standard InChI is InChI=1S/C15H19F3N4O/c16-15(17,18)14(23)8-11-7-10(14)9-22(11)12-3-4-19-13(20-12)21-5-1-2-6-21/h3-4,10-11,23H,1-2,5-9H2. The molecule has 3 unspecified atom stereocenters. The smallest absolute Gasteiger partial charge is 0.380 e. The summed E-state index contributed by atoms with van der Waals surface area (Å²) in [5, 5.41) is 10.0. The molecule has 8 heteroatoms. The van der Waals surface area contributed by atoms with Gasteiger partial charge in [-0.3, -0.25) is 0 Å². The van der Waals surface area contributed by atoms with Crippen LogP contribution in [-0.4, -0.2) is 52.5 Å². The summed E-state index contributed by atoms with van der Waals surface area (Å²) < 4.78 is 39.3. The lowest BCUT2D eigenvalue weighted by Crippen LogP contribution is -2.55. The third-order valence-corrected chi connectivity index (χ3v) is 5.44. The molecule has 3 aliphatic rings. The van der Waals surface area contributed by atoms with Crippen molar-refractivity contribution in [3.63, 3.8) is 0 Å². The summed E-state index contributed by atoms with van der Waals surface area (Å²) in [5.74, 6) is 0.533. The minimum absolute atomic E-state index is 0.192. The zero-order valence-electron chi connectivity index (χ0n) is 12.6. The van der Waals surface area contributed by atoms with Gasteiger partial charge in [0.1, 0.15) is 5.82 Å². The third-order valence-electron chi connectivity index (χ3n) is 5.44. The van der Waals surface area contributed by atoms with Gasteiger partial charge in [0.2, 0.25) is 5.95 Å². The quantitative estimate of drug-likeness (QED) is 0.899. The van der Waals surface area contributed by atoms with Crippen molar-refractivity contribution in [2.24, 2.45) is 5.92 Å². The van der Waals surface area contributed by atoms with Crippen LogP contribution in [-0.2, 0) is 0 Å². The largest absolute Gasteiger partial charge is 0.417 e. The maximum Gasteiger partial charge on any atom is 0.417 e. The zero-order valence-corrected chi connectivity index (χ0v) is 12.6. The average Bonchev–Trinajstić information content (AvgIpc) is 3.22. The van der Waals surface area contributed by atoms with Crippen molar-refractivity contribution in [1.82, 2.24) is 9.97 Å². The van der Waals surface area contributed by atoms with E-state index in [1.54, 1.807) is 12.3 Å². The molecule has 3 heterocycles. The first-order chi connectivity index (χ1) is 10.9. The van der Waals surface area contributed by atoms with Gasteiger partial charge < -0.3 is 14.9 Å². The highest BCUT2D eigenvalue weighted by Crippen LogP contribution is 2.53. The molecule has 0 spiro atoms. The Hall–Kier alpha value is -1.57. The number of fused-ring (bicyclic) bond motifs is 2. The Kier molecular flexibility index (Phi) is 3.23. The molecule has 1 aliphatic carbocycles. The Labute approximate surface area is 132 Å². The summed E-state index contributed by atoms with van der Waals surface area (Å²) >= 11 is 0. The van der Waals surface area contributed by atoms with E-state index >= 15 is 0 Å². The summed E-state index contributed by atoms with van der Waals surface area (Å²) in [7, 11) is 0. The fourth-order valence-electron chi connectivity index (χ4n) is 4.18. The van der Waals surface area contributed by atoms with E-state index in [0.29, 0.717) is 18.2 Å². The number of aromatic nitrogens is 2. The lowest BCUT2D eigenvalue weighted by Gasteiger charge is -2.39. The zero-order chi connectivity index (χ0) is 16.2. The van der Waals surface area contributed by atoms with Crippen molar-refractivity contribution >= 4 is 11.8 Å². The van der Waals surface area contributed by atoms with Gasteiger partial charge in [-0.1, -0.05) is 0 Å². The fourth-order valence-corrected chi connectivity index (χ4v) is 4.18. The Balaban J connectivity index is 1.55. The second-order valence-electron chi connectivity index (χ2n) is 6.77. The number of hydrogen-bond acceptors (Lipinski definition) is 5. The molecule has 2 bridgehead atoms. The maximum atomic E-state index is 13.1. The minimum Gasteiger partial charge on any atom is -0.380 e. The number of anilines is 2. The maximum absolute atomic E-state index is 13.1. The summed E-state index contributed by atoms with van der Waals surface area (Å²) in [5.41, 5.74) is -2.54. The van der Waals surface area contributed by atoms with E-state index in [1.165, 1.54) is 0 Å². The SMILES string of the molecule is OC1(C(F)(F)F)CC2CC1CN2c1ccnc(N2CCCC2)n1. The van der Waals surface area contributed by atoms with Gasteiger partial charge in [0.05, 0.1) is 0 Å². The summed E-state index contributed by atoms with van der Waals surface area (Å²) in [6, 6.07) is 1.43. The Morgan fingerprint density at radius 1 is 1.26 bits per heavy atom. The lowest BCUT2D eigenvalue weighted by atomic mass is 9.88. The number of piperidine rings is 1. The molecule has 3 atom stereocenters. The predicted molar refractivity (Wildman–Crippen MR) is 78.3 cm³/mol. The van der Waals surface area contributed by atoms with Gasteiger partial charge in [0.15, 0.2) is 5.60 Å². The van der Waals surface area contributed by atoms with Gasteiger partial charge in [-0.25, -0.2) is 4.98 Å². The minimum atomic E-state index is -4.56. The second kappa shape index (κ2) is 4.96. The summed E-state index contributed by atoms with van der Waals surface area (Å²) in [6.07, 6.45) is -0.590. The van der Waals surface area contributed by atoms with Gasteiger partial charge in [-0.05, 0) is 25.3 Å². The molecule has 0 radical (unpaired) electrons. The number of alkyl halides is 3. The topological polar surface area (TPSA) is 52.5 Å². The number of nitrogens with zero attached hydrogens (tertiary/aromatic N) is 4. The Bertz CT molecular complexity index is 605. The van der Waals surface area contributed by atoms with E-state index in [2.05, 4.69) is 14.9 Å². The van der Waals surface area contributed by atoms with Gasteiger partial charge in [-0.2, -0.15) is 18.2 Å². The first-order valence-corrected chi connectivity index (χ1v) is 8.02. The predicted octanol–water partition coefficient (Wildman–Crippen LogP) is 1.97. The van der Waals surface area contributed by atoms with Crippen LogP contribution in [0.2, 0.25) is 0 Å². The third kappa shape index (κ3) is 2.26. The highest BCUT2D eigenvalue weighted by molar-refractivity contribution is 5.47. The molecular weight excluding hydrogens is 309 g/mol. The highest BCUT2D eigenvalue weighted by Gasteiger charge is 2.66. The molecule has 2 aliphatic heterocycles. The molecule has 0 aromatic carbocycles. The fraction of sp³-hybridized carbons (Fsp3) is 0.733. The second-order valence-corrected chi connectivity index (χ2v) is 6.77. The number of rotatable bonds is 2. The summed E-state index contributed by atoms with van der Waals surface area (Å²) in [4.78, 5) is 12.8. The number of halogens is 3. The van der Waals surface area contributed by atoms with Crippen LogP contribution >= 0.6 is 0 Å². The van der Waals surface area contributed by atoms with Crippen molar-refractivity contribution in [3.8, 4) is 0 Å². The number of aliphatic hydroxyl groups is 1. The van der Waals surface area contributed by atoms with Crippen molar-refractivity contribution in [2.75, 3.05) is 29.4 Å². The normalized spacial score (nSPS) is 33.7. The van der Waals surface area contributed by atoms with Crippen molar-refractivity contribution in [2.45, 2.75) is 43.5 Å². The monoisotopic (exact) mass is 328 g/mol. The van der Waals surface area contributed by atoms with E-state index < -0.39 is 17.7 Å². The van der Waals surface area contributed by atoms with Crippen LogP contribution in [0.25, 0.3) is 0 Å². The molecule has 5 nitrogen and oxygen atoms in total. The Morgan fingerprint density at radius 3 is 2.61 bits per heavy atom. The van der Waals surface area contributed by atoms with Crippen LogP contribution < -0.4 is 9.80 Å². The van der Waals surface area contributed by atoms with Crippen LogP contribution in [0.5, 0.6) is 0 Å². The van der Waals surface area contributed by atoms with E-state index in [9.17, 15) is 18.3 Å². The molecule has 0 amide bonds. The molecule has 23 heavy (non-hydrogen) atoms. The highest BCUT2D eigenvalue weighted by atomic mass is 19.4. The molecule has 4 rings (SSSR count). The average molecular weight is 328 g/mol. The molecule has 1 saturated carbocycles. The molecule has 2 saturated heterocycles. The van der Waals surface area contributed by atoms with Crippen LogP contribution in [0.1, 0.15) is 25.7 Å². The van der Waals surface area contributed by atoms with E-state index in [0.717, 1.165) is 25.9 Å². The van der Waals surface area contributed by atoms with Crippen molar-refractivity contribution in [1.29, 1.82) is 0 Å². The van der Waals surface area contributed by atoms with Crippen molar-refractivity contribution in [3.05, 3.63) is 12.3 Å². The van der Waals surface area contributed by atoms with Crippen molar-refractivity contribution < 1.29 is 18.3 Å². The van der Waals surface area contributed by atoms with Crippen LogP contribution in [0.15, 0.2) is 12.3 Å². The molecular formula is C15H19F3N4O. The van der Waals surface area contributed by atoms with Crippen LogP contribution in [0, 0.1) is 5.92 Å². The van der Waals surface area contributed by atoms with Gasteiger partial charge in [-0.15, -0.1) is 0 Å². The van der Waals surface area contributed by atoms with Gasteiger partial charge in [0, 0.05) is 44.2 Å². The molecule has 1 N–H and O–H groups in total. The van der Waals surface area contributed by atoms with Gasteiger partial charge in [0.25, 0.3) is 0 Å². The van der Waals surface area contributed by atoms with Gasteiger partial charge >= 0.3 is 6.18 Å². The molecule has 3 fully saturated rings.